The van der Waals surface area contributed by atoms with Crippen molar-refractivity contribution in [3.63, 3.8) is 0 Å². The molecule has 0 spiro atoms. The van der Waals surface area contributed by atoms with Crippen LogP contribution in [0.15, 0.2) is 5.29 Å². The maximum Gasteiger partial charge on any atom is 0.0526 e. The highest BCUT2D eigenvalue weighted by atomic mass is 16.3. The highest BCUT2D eigenvalue weighted by molar-refractivity contribution is 4.76. The lowest BCUT2D eigenvalue weighted by molar-refractivity contribution is 0.275. The van der Waals surface area contributed by atoms with Crippen LogP contribution in [0.3, 0.4) is 0 Å². The summed E-state index contributed by atoms with van der Waals surface area (Å²) in [7, 11) is 0. The summed E-state index contributed by atoms with van der Waals surface area (Å²) in [5, 5.41) is 4.52. The van der Waals surface area contributed by atoms with Gasteiger partial charge in [0, 0.05) is 12.6 Å². The van der Waals surface area contributed by atoms with Crippen molar-refractivity contribution >= 4 is 0 Å². The Morgan fingerprint density at radius 1 is 1.56 bits per heavy atom. The van der Waals surface area contributed by atoms with E-state index in [0.29, 0.717) is 12.0 Å². The van der Waals surface area contributed by atoms with Crippen LogP contribution < -0.4 is 0 Å². The molecule has 1 aliphatic heterocycles. The molecule has 1 aliphatic rings. The molecule has 9 heavy (non-hydrogen) atoms. The lowest BCUT2D eigenvalue weighted by Gasteiger charge is -2.10. The summed E-state index contributed by atoms with van der Waals surface area (Å²) in [4.78, 5) is 10.0. The van der Waals surface area contributed by atoms with Gasteiger partial charge in [-0.1, -0.05) is 6.92 Å². The molecule has 1 heterocycles. The van der Waals surface area contributed by atoms with E-state index in [-0.39, 0.29) is 0 Å². The smallest absolute Gasteiger partial charge is 0.0526 e. The van der Waals surface area contributed by atoms with Gasteiger partial charge in [-0.15, -0.1) is 4.91 Å². The predicted molar refractivity (Wildman–Crippen MR) is 35.7 cm³/mol. The van der Waals surface area contributed by atoms with Crippen molar-refractivity contribution in [2.75, 3.05) is 6.54 Å². The standard InChI is InChI=1S/C6H12N2O/c1-5-3-6(2)8(4-5)7-9/h5-6H,3-4H2,1-2H3. The molecule has 0 radical (unpaired) electrons. The van der Waals surface area contributed by atoms with Gasteiger partial charge < -0.3 is 0 Å². The van der Waals surface area contributed by atoms with Crippen molar-refractivity contribution in [3.8, 4) is 0 Å². The van der Waals surface area contributed by atoms with E-state index in [1.54, 1.807) is 5.01 Å². The van der Waals surface area contributed by atoms with Gasteiger partial charge >= 0.3 is 0 Å². The second kappa shape index (κ2) is 2.33. The van der Waals surface area contributed by atoms with Crippen LogP contribution in [-0.2, 0) is 0 Å². The van der Waals surface area contributed by atoms with Crippen LogP contribution in [0.1, 0.15) is 20.3 Å². The fourth-order valence-electron chi connectivity index (χ4n) is 1.39. The maximum atomic E-state index is 10.0. The molecule has 3 nitrogen and oxygen atoms in total. The molecule has 0 bridgehead atoms. The lowest BCUT2D eigenvalue weighted by atomic mass is 10.1. The first-order valence-corrected chi connectivity index (χ1v) is 3.34. The molecule has 3 heteroatoms. The zero-order valence-corrected chi connectivity index (χ0v) is 5.87. The van der Waals surface area contributed by atoms with Crippen LogP contribution >= 0.6 is 0 Å². The van der Waals surface area contributed by atoms with Crippen molar-refractivity contribution in [3.05, 3.63) is 4.91 Å². The van der Waals surface area contributed by atoms with Crippen molar-refractivity contribution in [2.45, 2.75) is 26.3 Å². The molecule has 0 saturated carbocycles. The molecule has 0 aromatic heterocycles. The van der Waals surface area contributed by atoms with E-state index in [0.717, 1.165) is 13.0 Å². The summed E-state index contributed by atoms with van der Waals surface area (Å²) in [5.74, 6) is 0.637. The van der Waals surface area contributed by atoms with Crippen LogP contribution in [0.4, 0.5) is 0 Å². The third kappa shape index (κ3) is 1.20. The summed E-state index contributed by atoms with van der Waals surface area (Å²) in [5.41, 5.74) is 0. The van der Waals surface area contributed by atoms with Gasteiger partial charge in [0.05, 0.1) is 5.29 Å². The van der Waals surface area contributed by atoms with Gasteiger partial charge in [-0.3, -0.25) is 5.01 Å². The average Bonchev–Trinajstić information content (AvgIpc) is 2.10. The van der Waals surface area contributed by atoms with Crippen LogP contribution in [0.5, 0.6) is 0 Å². The van der Waals surface area contributed by atoms with Gasteiger partial charge in [-0.25, -0.2) is 0 Å². The molecule has 2 atom stereocenters. The zero-order valence-electron chi connectivity index (χ0n) is 5.87. The third-order valence-electron chi connectivity index (χ3n) is 1.86. The summed E-state index contributed by atoms with van der Waals surface area (Å²) >= 11 is 0. The Hall–Kier alpha value is -0.600. The molecule has 1 saturated heterocycles. The van der Waals surface area contributed by atoms with E-state index < -0.39 is 0 Å². The Bertz CT molecular complexity index is 116. The van der Waals surface area contributed by atoms with Gasteiger partial charge in [0.1, 0.15) is 0 Å². The Balaban J connectivity index is 2.47. The Kier molecular flexibility index (Phi) is 1.69. The summed E-state index contributed by atoms with van der Waals surface area (Å²) in [6.45, 7) is 5.01. The van der Waals surface area contributed by atoms with Gasteiger partial charge in [-0.05, 0) is 19.3 Å². The second-order valence-electron chi connectivity index (χ2n) is 2.89. The largest absolute Gasteiger partial charge is 0.258 e. The average molecular weight is 128 g/mol. The molecule has 2 unspecified atom stereocenters. The van der Waals surface area contributed by atoms with Crippen LogP contribution in [0.25, 0.3) is 0 Å². The van der Waals surface area contributed by atoms with E-state index in [1.807, 2.05) is 6.92 Å². The van der Waals surface area contributed by atoms with E-state index in [1.165, 1.54) is 0 Å². The number of hydrogen-bond donors (Lipinski definition) is 0. The van der Waals surface area contributed by atoms with Gasteiger partial charge in [0.2, 0.25) is 0 Å². The fourth-order valence-corrected chi connectivity index (χ4v) is 1.39. The molecular formula is C6H12N2O. The summed E-state index contributed by atoms with van der Waals surface area (Å²) < 4.78 is 0. The number of nitroso groups, excluding NO2 is 1. The minimum absolute atomic E-state index is 0.359. The topological polar surface area (TPSA) is 32.7 Å². The highest BCUT2D eigenvalue weighted by Gasteiger charge is 2.25. The molecule has 1 rings (SSSR count). The fraction of sp³-hybridized carbons (Fsp3) is 1.00. The minimum Gasteiger partial charge on any atom is -0.258 e. The lowest BCUT2D eigenvalue weighted by Crippen LogP contribution is -2.19. The highest BCUT2D eigenvalue weighted by Crippen LogP contribution is 2.21. The normalized spacial score (nSPS) is 35.1. The van der Waals surface area contributed by atoms with Crippen LogP contribution in [0, 0.1) is 10.8 Å². The molecule has 52 valence electrons. The molecule has 0 aromatic carbocycles. The molecule has 0 aliphatic carbocycles. The van der Waals surface area contributed by atoms with Gasteiger partial charge in [-0.2, -0.15) is 0 Å². The minimum atomic E-state index is 0.359. The van der Waals surface area contributed by atoms with Crippen molar-refractivity contribution < 1.29 is 0 Å². The summed E-state index contributed by atoms with van der Waals surface area (Å²) in [6, 6.07) is 0.359. The zero-order chi connectivity index (χ0) is 6.85. The number of hydrogen-bond acceptors (Lipinski definition) is 2. The Morgan fingerprint density at radius 3 is 2.44 bits per heavy atom. The Morgan fingerprint density at radius 2 is 2.22 bits per heavy atom. The third-order valence-corrected chi connectivity index (χ3v) is 1.86. The molecule has 0 N–H and O–H groups in total. The second-order valence-corrected chi connectivity index (χ2v) is 2.89. The quantitative estimate of drug-likeness (QED) is 0.500. The van der Waals surface area contributed by atoms with Gasteiger partial charge in [0.15, 0.2) is 0 Å². The number of nitrogens with zero attached hydrogens (tertiary/aromatic N) is 2. The molecular weight excluding hydrogens is 116 g/mol. The SMILES string of the molecule is CC1CC(C)N(N=O)C1. The predicted octanol–water partition coefficient (Wildman–Crippen LogP) is 1.40. The van der Waals surface area contributed by atoms with Gasteiger partial charge in [0.25, 0.3) is 0 Å². The van der Waals surface area contributed by atoms with E-state index >= 15 is 0 Å². The van der Waals surface area contributed by atoms with Crippen molar-refractivity contribution in [1.29, 1.82) is 0 Å². The monoisotopic (exact) mass is 128 g/mol. The van der Waals surface area contributed by atoms with E-state index in [4.69, 9.17) is 0 Å². The van der Waals surface area contributed by atoms with Crippen LogP contribution in [0.2, 0.25) is 0 Å². The van der Waals surface area contributed by atoms with Crippen molar-refractivity contribution in [1.82, 2.24) is 5.01 Å². The van der Waals surface area contributed by atoms with E-state index in [2.05, 4.69) is 12.2 Å². The number of rotatable bonds is 1. The first-order valence-electron chi connectivity index (χ1n) is 3.34. The molecule has 1 fully saturated rings. The molecule has 0 aromatic rings. The molecule has 0 amide bonds. The summed E-state index contributed by atoms with van der Waals surface area (Å²) in [6.07, 6.45) is 1.10. The van der Waals surface area contributed by atoms with Crippen molar-refractivity contribution in [2.24, 2.45) is 11.2 Å². The van der Waals surface area contributed by atoms with E-state index in [9.17, 15) is 4.91 Å². The Labute approximate surface area is 55.0 Å². The maximum absolute atomic E-state index is 10.0. The first kappa shape index (κ1) is 6.52. The first-order chi connectivity index (χ1) is 4.24. The van der Waals surface area contributed by atoms with Crippen LogP contribution in [-0.4, -0.2) is 17.6 Å².